The topological polar surface area (TPSA) is 23.5 Å². The van der Waals surface area contributed by atoms with Gasteiger partial charge in [-0.3, -0.25) is 9.29 Å². The van der Waals surface area contributed by atoms with Crippen molar-refractivity contribution < 1.29 is 13.9 Å². The largest absolute Gasteiger partial charge is 0.508 e. The summed E-state index contributed by atoms with van der Waals surface area (Å²) in [6, 6.07) is 12.7. The van der Waals surface area contributed by atoms with Crippen molar-refractivity contribution in [1.82, 2.24) is 4.90 Å². The van der Waals surface area contributed by atoms with Gasteiger partial charge in [0.2, 0.25) is 0 Å². The van der Waals surface area contributed by atoms with E-state index in [1.807, 2.05) is 18.2 Å². The van der Waals surface area contributed by atoms with Crippen LogP contribution in [-0.4, -0.2) is 35.8 Å². The maximum atomic E-state index is 13.0. The van der Waals surface area contributed by atoms with Crippen LogP contribution in [0.3, 0.4) is 0 Å². The SMILES string of the molecule is Oc1cccc2c1CCC(N(CCC[18F])CCc1ccc(F)cc1)C2. The Morgan fingerprint density at radius 3 is 2.64 bits per heavy atom. The van der Waals surface area contributed by atoms with Gasteiger partial charge < -0.3 is 5.11 Å². The molecule has 0 aromatic heterocycles. The number of halogens is 2. The van der Waals surface area contributed by atoms with Crippen LogP contribution in [0.2, 0.25) is 0 Å². The molecule has 1 aliphatic carbocycles. The summed E-state index contributed by atoms with van der Waals surface area (Å²) in [5.41, 5.74) is 3.35. The summed E-state index contributed by atoms with van der Waals surface area (Å²) in [6.45, 7) is 1.26. The highest BCUT2D eigenvalue weighted by Crippen LogP contribution is 2.30. The third-order valence-electron chi connectivity index (χ3n) is 5.13. The molecule has 0 bridgehead atoms. The van der Waals surface area contributed by atoms with E-state index in [0.717, 1.165) is 49.9 Å². The van der Waals surface area contributed by atoms with E-state index in [0.29, 0.717) is 18.2 Å². The fraction of sp³-hybridized carbons (Fsp3) is 0.429. The zero-order valence-electron chi connectivity index (χ0n) is 14.4. The molecule has 2 nitrogen and oxygen atoms in total. The first-order chi connectivity index (χ1) is 12.2. The smallest absolute Gasteiger partial charge is 0.123 e. The predicted molar refractivity (Wildman–Crippen MR) is 96.2 cm³/mol. The monoisotopic (exact) mass is 344 g/mol. The van der Waals surface area contributed by atoms with Crippen molar-refractivity contribution in [2.24, 2.45) is 0 Å². The molecule has 0 heterocycles. The Morgan fingerprint density at radius 1 is 1.08 bits per heavy atom. The van der Waals surface area contributed by atoms with Gasteiger partial charge in [0.15, 0.2) is 0 Å². The number of alkyl halides is 1. The van der Waals surface area contributed by atoms with Gasteiger partial charge in [-0.15, -0.1) is 0 Å². The molecule has 0 fully saturated rings. The zero-order chi connectivity index (χ0) is 17.6. The molecule has 3 rings (SSSR count). The van der Waals surface area contributed by atoms with E-state index in [2.05, 4.69) is 11.0 Å². The minimum Gasteiger partial charge on any atom is -0.508 e. The molecule has 0 aliphatic heterocycles. The Balaban J connectivity index is 1.67. The predicted octanol–water partition coefficient (Wildman–Crippen LogP) is 4.29. The third-order valence-corrected chi connectivity index (χ3v) is 5.13. The number of benzene rings is 2. The maximum absolute atomic E-state index is 13.0. The van der Waals surface area contributed by atoms with E-state index in [1.54, 1.807) is 6.07 Å². The van der Waals surface area contributed by atoms with E-state index in [9.17, 15) is 13.9 Å². The highest BCUT2D eigenvalue weighted by molar-refractivity contribution is 5.41. The highest BCUT2D eigenvalue weighted by Gasteiger charge is 2.25. The lowest BCUT2D eigenvalue weighted by molar-refractivity contribution is 0.174. The molecule has 0 saturated carbocycles. The van der Waals surface area contributed by atoms with Gasteiger partial charge in [0.05, 0.1) is 6.67 Å². The van der Waals surface area contributed by atoms with Gasteiger partial charge >= 0.3 is 0 Å². The van der Waals surface area contributed by atoms with Crippen LogP contribution >= 0.6 is 0 Å². The van der Waals surface area contributed by atoms with Crippen molar-refractivity contribution in [3.05, 3.63) is 65.0 Å². The van der Waals surface area contributed by atoms with E-state index in [4.69, 9.17) is 0 Å². The van der Waals surface area contributed by atoms with Crippen LogP contribution < -0.4 is 0 Å². The van der Waals surface area contributed by atoms with Crippen molar-refractivity contribution >= 4 is 0 Å². The van der Waals surface area contributed by atoms with Gasteiger partial charge in [0.25, 0.3) is 0 Å². The number of phenolic OH excluding ortho intramolecular Hbond substituents is 1. The summed E-state index contributed by atoms with van der Waals surface area (Å²) < 4.78 is 25.8. The Hall–Kier alpha value is -1.94. The first-order valence-corrected chi connectivity index (χ1v) is 9.01. The average Bonchev–Trinajstić information content (AvgIpc) is 2.63. The second-order valence-corrected chi connectivity index (χ2v) is 6.77. The average molecular weight is 344 g/mol. The molecule has 0 spiro atoms. The standard InChI is InChI=1S/C21H25F2NO/c22-12-2-13-24(14-11-16-5-7-18(23)8-6-16)19-9-10-20-17(15-19)3-1-4-21(20)25/h1,3-8,19,25H,2,9-15H2/i22-1. The van der Waals surface area contributed by atoms with Crippen LogP contribution in [0.1, 0.15) is 29.5 Å². The zero-order valence-corrected chi connectivity index (χ0v) is 14.4. The van der Waals surface area contributed by atoms with Crippen LogP contribution in [0.5, 0.6) is 5.75 Å². The summed E-state index contributed by atoms with van der Waals surface area (Å²) in [6.07, 6.45) is 4.08. The van der Waals surface area contributed by atoms with Gasteiger partial charge in [0, 0.05) is 19.1 Å². The maximum Gasteiger partial charge on any atom is 0.123 e. The number of hydrogen-bond acceptors (Lipinski definition) is 2. The van der Waals surface area contributed by atoms with Crippen molar-refractivity contribution in [2.75, 3.05) is 19.8 Å². The fourth-order valence-corrected chi connectivity index (χ4v) is 3.74. The molecule has 25 heavy (non-hydrogen) atoms. The molecule has 134 valence electrons. The lowest BCUT2D eigenvalue weighted by Crippen LogP contribution is -2.41. The lowest BCUT2D eigenvalue weighted by Gasteiger charge is -2.35. The Morgan fingerprint density at radius 2 is 1.88 bits per heavy atom. The van der Waals surface area contributed by atoms with Crippen molar-refractivity contribution in [3.63, 3.8) is 0 Å². The molecule has 1 aliphatic rings. The first-order valence-electron chi connectivity index (χ1n) is 9.01. The molecule has 0 saturated heterocycles. The van der Waals surface area contributed by atoms with Crippen LogP contribution in [0.25, 0.3) is 0 Å². The molecular formula is C21H25F2NO. The molecule has 2 aromatic rings. The normalized spacial score (nSPS) is 16.8. The second-order valence-electron chi connectivity index (χ2n) is 6.77. The van der Waals surface area contributed by atoms with Gasteiger partial charge in [0.1, 0.15) is 11.6 Å². The van der Waals surface area contributed by atoms with Gasteiger partial charge in [-0.1, -0.05) is 24.3 Å². The van der Waals surface area contributed by atoms with Crippen molar-refractivity contribution in [3.8, 4) is 5.75 Å². The van der Waals surface area contributed by atoms with E-state index >= 15 is 0 Å². The minimum atomic E-state index is -0.308. The number of fused-ring (bicyclic) bond motifs is 1. The minimum absolute atomic E-state index is 0.221. The van der Waals surface area contributed by atoms with Crippen LogP contribution in [-0.2, 0) is 19.3 Å². The molecule has 4 heteroatoms. The number of phenols is 1. The summed E-state index contributed by atoms with van der Waals surface area (Å²) in [4.78, 5) is 2.36. The third kappa shape index (κ3) is 4.57. The first kappa shape index (κ1) is 17.9. The molecule has 1 unspecified atom stereocenters. The lowest BCUT2D eigenvalue weighted by atomic mass is 9.86. The van der Waals surface area contributed by atoms with Gasteiger partial charge in [-0.25, -0.2) is 4.39 Å². The quantitative estimate of drug-likeness (QED) is 0.810. The highest BCUT2D eigenvalue weighted by atomic mass is 19.1. The molecule has 2 aromatic carbocycles. The number of rotatable bonds is 7. The Kier molecular flexibility index (Phi) is 6.03. The van der Waals surface area contributed by atoms with E-state index in [1.165, 1.54) is 17.7 Å². The van der Waals surface area contributed by atoms with Gasteiger partial charge in [-0.2, -0.15) is 0 Å². The van der Waals surface area contributed by atoms with Crippen LogP contribution in [0, 0.1) is 5.82 Å². The Bertz CT molecular complexity index is 687. The van der Waals surface area contributed by atoms with E-state index < -0.39 is 0 Å². The molecule has 1 N–H and O–H groups in total. The van der Waals surface area contributed by atoms with Gasteiger partial charge in [-0.05, 0) is 67.0 Å². The fourth-order valence-electron chi connectivity index (χ4n) is 3.74. The molecule has 1 atom stereocenters. The summed E-state index contributed by atoms with van der Waals surface area (Å²) in [5, 5.41) is 10.0. The van der Waals surface area contributed by atoms with E-state index in [-0.39, 0.29) is 12.5 Å². The second kappa shape index (κ2) is 8.43. The summed E-state index contributed by atoms with van der Waals surface area (Å²) >= 11 is 0. The summed E-state index contributed by atoms with van der Waals surface area (Å²) in [5.74, 6) is 0.166. The number of aromatic hydroxyl groups is 1. The van der Waals surface area contributed by atoms with Crippen molar-refractivity contribution in [2.45, 2.75) is 38.1 Å². The van der Waals surface area contributed by atoms with Crippen molar-refractivity contribution in [1.29, 1.82) is 0 Å². The van der Waals surface area contributed by atoms with Crippen LogP contribution in [0.4, 0.5) is 8.78 Å². The van der Waals surface area contributed by atoms with Crippen LogP contribution in [0.15, 0.2) is 42.5 Å². The molecule has 0 radical (unpaired) electrons. The number of hydrogen-bond donors (Lipinski definition) is 1. The summed E-state index contributed by atoms with van der Waals surface area (Å²) in [7, 11) is 0. The molecular weight excluding hydrogens is 319 g/mol. The Labute approximate surface area is 148 Å². The molecule has 0 amide bonds. The number of nitrogens with zero attached hydrogens (tertiary/aromatic N) is 1.